The molecule has 1 N–H and O–H groups in total. The zero-order valence-electron chi connectivity index (χ0n) is 14.1. The first-order valence-corrected chi connectivity index (χ1v) is 8.30. The number of hydrogen-bond donors (Lipinski definition) is 1. The molecule has 0 bridgehead atoms. The molecule has 2 aromatic heterocycles. The van der Waals surface area contributed by atoms with E-state index in [2.05, 4.69) is 25.5 Å². The number of nitrogens with one attached hydrogen (secondary N) is 1. The summed E-state index contributed by atoms with van der Waals surface area (Å²) in [6.45, 7) is 5.29. The second kappa shape index (κ2) is 7.73. The first-order valence-electron chi connectivity index (χ1n) is 8.30. The predicted octanol–water partition coefficient (Wildman–Crippen LogP) is -0.186. The van der Waals surface area contributed by atoms with Gasteiger partial charge in [-0.3, -0.25) is 9.59 Å². The van der Waals surface area contributed by atoms with E-state index >= 15 is 0 Å². The second-order valence-electron chi connectivity index (χ2n) is 5.69. The highest BCUT2D eigenvalue weighted by Gasteiger charge is 2.22. The maximum atomic E-state index is 12.4. The summed E-state index contributed by atoms with van der Waals surface area (Å²) >= 11 is 0. The Morgan fingerprint density at radius 3 is 2.60 bits per heavy atom. The fraction of sp³-hybridized carbons (Fsp3) is 0.438. The van der Waals surface area contributed by atoms with Crippen LogP contribution in [0.3, 0.4) is 0 Å². The lowest BCUT2D eigenvalue weighted by Crippen LogP contribution is -2.50. The number of hydrogen-bond acceptors (Lipinski definition) is 7. The van der Waals surface area contributed by atoms with Crippen molar-refractivity contribution in [3.05, 3.63) is 40.8 Å². The Labute approximate surface area is 145 Å². The van der Waals surface area contributed by atoms with Crippen molar-refractivity contribution < 1.29 is 4.79 Å². The molecule has 9 heteroatoms. The van der Waals surface area contributed by atoms with Gasteiger partial charge < -0.3 is 15.1 Å². The van der Waals surface area contributed by atoms with E-state index in [9.17, 15) is 9.59 Å². The van der Waals surface area contributed by atoms with Crippen molar-refractivity contribution in [3.63, 3.8) is 0 Å². The van der Waals surface area contributed by atoms with Crippen LogP contribution in [0, 0.1) is 0 Å². The summed E-state index contributed by atoms with van der Waals surface area (Å²) in [6, 6.07) is 6.78. The largest absolute Gasteiger partial charge is 0.369 e. The molecular weight excluding hydrogens is 322 g/mol. The van der Waals surface area contributed by atoms with Gasteiger partial charge in [-0.15, -0.1) is 10.2 Å². The third kappa shape index (κ3) is 4.11. The van der Waals surface area contributed by atoms with Crippen LogP contribution < -0.4 is 15.8 Å². The number of amides is 1. The average molecular weight is 343 g/mol. The van der Waals surface area contributed by atoms with Crippen molar-refractivity contribution in [1.29, 1.82) is 0 Å². The Morgan fingerprint density at radius 2 is 1.96 bits per heavy atom. The number of aromatic nitrogens is 4. The molecule has 3 heterocycles. The van der Waals surface area contributed by atoms with Gasteiger partial charge >= 0.3 is 0 Å². The summed E-state index contributed by atoms with van der Waals surface area (Å²) in [6.07, 6.45) is 1.50. The van der Waals surface area contributed by atoms with Crippen LogP contribution in [0.25, 0.3) is 0 Å². The van der Waals surface area contributed by atoms with E-state index < -0.39 is 0 Å². The molecule has 3 rings (SSSR count). The molecule has 1 fully saturated rings. The van der Waals surface area contributed by atoms with Gasteiger partial charge in [0, 0.05) is 45.0 Å². The topological polar surface area (TPSA) is 96.2 Å². The van der Waals surface area contributed by atoms with Crippen LogP contribution in [0.2, 0.25) is 0 Å². The van der Waals surface area contributed by atoms with E-state index in [1.165, 1.54) is 16.9 Å². The van der Waals surface area contributed by atoms with Crippen LogP contribution in [-0.2, 0) is 11.3 Å². The second-order valence-corrected chi connectivity index (χ2v) is 5.69. The number of nitrogens with zero attached hydrogens (tertiary/aromatic N) is 6. The van der Waals surface area contributed by atoms with Gasteiger partial charge in [-0.25, -0.2) is 4.68 Å². The molecule has 1 aliphatic rings. The molecular formula is C16H21N7O2. The fourth-order valence-corrected chi connectivity index (χ4v) is 2.69. The highest BCUT2D eigenvalue weighted by Crippen LogP contribution is 2.14. The van der Waals surface area contributed by atoms with Gasteiger partial charge in [-0.2, -0.15) is 5.10 Å². The molecule has 132 valence electrons. The summed E-state index contributed by atoms with van der Waals surface area (Å²) in [5.41, 5.74) is -0.273. The molecule has 0 spiro atoms. The normalized spacial score (nSPS) is 14.4. The van der Waals surface area contributed by atoms with Crippen LogP contribution in [-0.4, -0.2) is 63.5 Å². The lowest BCUT2D eigenvalue weighted by atomic mass is 10.3. The quantitative estimate of drug-likeness (QED) is 0.804. The van der Waals surface area contributed by atoms with Gasteiger partial charge in [0.15, 0.2) is 5.82 Å². The molecule has 0 aromatic carbocycles. The number of carbonyl (C=O) groups is 1. The highest BCUT2D eigenvalue weighted by molar-refractivity contribution is 5.76. The Hall–Kier alpha value is -2.97. The summed E-state index contributed by atoms with van der Waals surface area (Å²) in [5, 5.41) is 15.4. The van der Waals surface area contributed by atoms with E-state index in [0.717, 1.165) is 18.2 Å². The molecule has 0 radical (unpaired) electrons. The molecule has 0 unspecified atom stereocenters. The number of carbonyl (C=O) groups excluding carboxylic acids is 1. The Balaban J connectivity index is 1.55. The minimum absolute atomic E-state index is 0.0309. The third-order valence-electron chi connectivity index (χ3n) is 4.04. The molecule has 0 aliphatic carbocycles. The maximum Gasteiger partial charge on any atom is 0.267 e. The Bertz CT molecular complexity index is 767. The smallest absolute Gasteiger partial charge is 0.267 e. The molecule has 1 saturated heterocycles. The molecule has 0 atom stereocenters. The number of rotatable bonds is 5. The van der Waals surface area contributed by atoms with Gasteiger partial charge in [-0.1, -0.05) is 0 Å². The van der Waals surface area contributed by atoms with Crippen molar-refractivity contribution in [2.75, 3.05) is 42.9 Å². The standard InChI is InChI=1S/C16H21N7O2/c1-2-17-13-5-6-14(20-19-13)21-8-10-22(11-9-21)16(25)12-23-15(24)4-3-7-18-23/h3-7H,2,8-12H2,1H3,(H,17,19). The first kappa shape index (κ1) is 16.9. The molecule has 9 nitrogen and oxygen atoms in total. The van der Waals surface area contributed by atoms with Crippen LogP contribution >= 0.6 is 0 Å². The molecule has 25 heavy (non-hydrogen) atoms. The van der Waals surface area contributed by atoms with Gasteiger partial charge in [0.05, 0.1) is 0 Å². The zero-order chi connectivity index (χ0) is 17.6. The van der Waals surface area contributed by atoms with E-state index in [1.54, 1.807) is 11.0 Å². The van der Waals surface area contributed by atoms with E-state index in [-0.39, 0.29) is 18.0 Å². The van der Waals surface area contributed by atoms with Gasteiger partial charge in [-0.05, 0) is 25.1 Å². The molecule has 2 aromatic rings. The van der Waals surface area contributed by atoms with Crippen molar-refractivity contribution in [3.8, 4) is 0 Å². The monoisotopic (exact) mass is 343 g/mol. The minimum Gasteiger partial charge on any atom is -0.369 e. The third-order valence-corrected chi connectivity index (χ3v) is 4.04. The Morgan fingerprint density at radius 1 is 1.16 bits per heavy atom. The lowest BCUT2D eigenvalue weighted by Gasteiger charge is -2.35. The van der Waals surface area contributed by atoms with Crippen molar-refractivity contribution in [2.45, 2.75) is 13.5 Å². The lowest BCUT2D eigenvalue weighted by molar-refractivity contribution is -0.132. The summed E-state index contributed by atoms with van der Waals surface area (Å²) in [5.74, 6) is 1.45. The SMILES string of the molecule is CCNc1ccc(N2CCN(C(=O)Cn3ncccc3=O)CC2)nn1. The molecule has 1 aliphatic heterocycles. The van der Waals surface area contributed by atoms with Crippen LogP contribution in [0.5, 0.6) is 0 Å². The molecule has 1 amide bonds. The maximum absolute atomic E-state index is 12.4. The zero-order valence-corrected chi connectivity index (χ0v) is 14.1. The summed E-state index contributed by atoms with van der Waals surface area (Å²) in [4.78, 5) is 27.8. The van der Waals surface area contributed by atoms with Gasteiger partial charge in [0.25, 0.3) is 5.56 Å². The van der Waals surface area contributed by atoms with Gasteiger partial charge in [0.1, 0.15) is 12.4 Å². The van der Waals surface area contributed by atoms with Crippen LogP contribution in [0.15, 0.2) is 35.3 Å². The minimum atomic E-state index is -0.273. The highest BCUT2D eigenvalue weighted by atomic mass is 16.2. The fourth-order valence-electron chi connectivity index (χ4n) is 2.69. The average Bonchev–Trinajstić information content (AvgIpc) is 2.65. The summed E-state index contributed by atoms with van der Waals surface area (Å²) < 4.78 is 1.18. The van der Waals surface area contributed by atoms with Crippen LogP contribution in [0.1, 0.15) is 6.92 Å². The first-order chi connectivity index (χ1) is 12.2. The Kier molecular flexibility index (Phi) is 5.22. The van der Waals surface area contributed by atoms with Crippen LogP contribution in [0.4, 0.5) is 11.6 Å². The predicted molar refractivity (Wildman–Crippen MR) is 93.5 cm³/mol. The number of anilines is 2. The number of piperazine rings is 1. The van der Waals surface area contributed by atoms with E-state index in [4.69, 9.17) is 0 Å². The van der Waals surface area contributed by atoms with Crippen molar-refractivity contribution >= 4 is 17.5 Å². The van der Waals surface area contributed by atoms with Gasteiger partial charge in [0.2, 0.25) is 5.91 Å². The van der Waals surface area contributed by atoms with Crippen molar-refractivity contribution in [2.24, 2.45) is 0 Å². The molecule has 0 saturated carbocycles. The van der Waals surface area contributed by atoms with E-state index in [1.807, 2.05) is 19.1 Å². The summed E-state index contributed by atoms with van der Waals surface area (Å²) in [7, 11) is 0. The van der Waals surface area contributed by atoms with Crippen molar-refractivity contribution in [1.82, 2.24) is 24.9 Å². The van der Waals surface area contributed by atoms with E-state index in [0.29, 0.717) is 26.2 Å².